The normalized spacial score (nSPS) is 21.1. The zero-order valence-electron chi connectivity index (χ0n) is 10.3. The topological polar surface area (TPSA) is 101 Å². The quantitative estimate of drug-likeness (QED) is 0.673. The second-order valence-corrected chi connectivity index (χ2v) is 6.25. The SMILES string of the molecule is CN1CCC(Nc2ccc(S(N)(=O)=O)cc2N)C1. The smallest absolute Gasteiger partial charge is 0.238 e. The van der Waals surface area contributed by atoms with Crippen molar-refractivity contribution >= 4 is 21.4 Å². The van der Waals surface area contributed by atoms with E-state index < -0.39 is 10.0 Å². The van der Waals surface area contributed by atoms with Crippen molar-refractivity contribution in [2.45, 2.75) is 17.4 Å². The molecule has 18 heavy (non-hydrogen) atoms. The van der Waals surface area contributed by atoms with Crippen molar-refractivity contribution in [2.75, 3.05) is 31.2 Å². The predicted molar refractivity (Wildman–Crippen MR) is 71.8 cm³/mol. The van der Waals surface area contributed by atoms with E-state index in [0.717, 1.165) is 25.2 Å². The van der Waals surface area contributed by atoms with Gasteiger partial charge in [-0.1, -0.05) is 0 Å². The number of primary sulfonamides is 1. The lowest BCUT2D eigenvalue weighted by molar-refractivity contribution is 0.414. The number of nitrogens with zero attached hydrogens (tertiary/aromatic N) is 1. The van der Waals surface area contributed by atoms with E-state index in [9.17, 15) is 8.42 Å². The lowest BCUT2D eigenvalue weighted by atomic mass is 10.2. The molecule has 7 heteroatoms. The number of hydrogen-bond acceptors (Lipinski definition) is 5. The van der Waals surface area contributed by atoms with E-state index in [0.29, 0.717) is 11.7 Å². The molecule has 1 aromatic carbocycles. The standard InChI is InChI=1S/C11H18N4O2S/c1-15-5-4-8(7-15)14-11-3-2-9(6-10(11)12)18(13,16)17/h2-3,6,8,14H,4-5,7,12H2,1H3,(H2,13,16,17). The summed E-state index contributed by atoms with van der Waals surface area (Å²) in [4.78, 5) is 2.26. The third-order valence-electron chi connectivity index (χ3n) is 3.10. The van der Waals surface area contributed by atoms with Gasteiger partial charge in [0.2, 0.25) is 10.0 Å². The Hall–Kier alpha value is -1.31. The Bertz CT molecular complexity index is 544. The Kier molecular flexibility index (Phi) is 3.47. The Labute approximate surface area is 107 Å². The average molecular weight is 270 g/mol. The van der Waals surface area contributed by atoms with Crippen LogP contribution in [0.15, 0.2) is 23.1 Å². The first kappa shape index (κ1) is 13.1. The summed E-state index contributed by atoms with van der Waals surface area (Å²) in [5, 5.41) is 8.36. The number of likely N-dealkylation sites (tertiary alicyclic amines) is 1. The molecule has 0 spiro atoms. The van der Waals surface area contributed by atoms with E-state index in [1.807, 2.05) is 0 Å². The minimum absolute atomic E-state index is 0.0362. The molecule has 2 rings (SSSR count). The van der Waals surface area contributed by atoms with Crippen molar-refractivity contribution in [2.24, 2.45) is 5.14 Å². The van der Waals surface area contributed by atoms with Crippen molar-refractivity contribution in [1.82, 2.24) is 4.90 Å². The molecule has 0 radical (unpaired) electrons. The zero-order chi connectivity index (χ0) is 13.3. The molecule has 1 aliphatic heterocycles. The van der Waals surface area contributed by atoms with Gasteiger partial charge in [0.15, 0.2) is 0 Å². The molecule has 0 bridgehead atoms. The van der Waals surface area contributed by atoms with Crippen LogP contribution in [0, 0.1) is 0 Å². The van der Waals surface area contributed by atoms with Crippen LogP contribution < -0.4 is 16.2 Å². The van der Waals surface area contributed by atoms with E-state index in [1.54, 1.807) is 6.07 Å². The molecule has 1 aliphatic rings. The van der Waals surface area contributed by atoms with Gasteiger partial charge in [0.1, 0.15) is 0 Å². The molecule has 1 saturated heterocycles. The van der Waals surface area contributed by atoms with Crippen molar-refractivity contribution in [3.8, 4) is 0 Å². The van der Waals surface area contributed by atoms with Crippen molar-refractivity contribution in [3.63, 3.8) is 0 Å². The molecular formula is C11H18N4O2S. The van der Waals surface area contributed by atoms with Gasteiger partial charge in [-0.05, 0) is 38.2 Å². The Morgan fingerprint density at radius 3 is 2.67 bits per heavy atom. The van der Waals surface area contributed by atoms with Gasteiger partial charge in [-0.2, -0.15) is 0 Å². The van der Waals surface area contributed by atoms with Crippen LogP contribution in [0.4, 0.5) is 11.4 Å². The summed E-state index contributed by atoms with van der Waals surface area (Å²) in [5.74, 6) is 0. The number of nitrogens with two attached hydrogens (primary N) is 2. The Balaban J connectivity index is 2.15. The molecule has 6 nitrogen and oxygen atoms in total. The first-order valence-electron chi connectivity index (χ1n) is 5.73. The van der Waals surface area contributed by atoms with E-state index >= 15 is 0 Å². The summed E-state index contributed by atoms with van der Waals surface area (Å²) in [5.41, 5.74) is 6.99. The number of nitrogens with one attached hydrogen (secondary N) is 1. The van der Waals surface area contributed by atoms with Crippen LogP contribution in [-0.2, 0) is 10.0 Å². The van der Waals surface area contributed by atoms with Gasteiger partial charge in [-0.3, -0.25) is 0 Å². The van der Waals surface area contributed by atoms with E-state index in [-0.39, 0.29) is 4.90 Å². The first-order valence-corrected chi connectivity index (χ1v) is 7.28. The number of rotatable bonds is 3. The van der Waals surface area contributed by atoms with Gasteiger partial charge in [0.25, 0.3) is 0 Å². The Morgan fingerprint density at radius 2 is 2.17 bits per heavy atom. The van der Waals surface area contributed by atoms with Gasteiger partial charge in [0.05, 0.1) is 16.3 Å². The maximum absolute atomic E-state index is 11.2. The van der Waals surface area contributed by atoms with E-state index in [4.69, 9.17) is 10.9 Å². The highest BCUT2D eigenvalue weighted by atomic mass is 32.2. The maximum atomic E-state index is 11.2. The third-order valence-corrected chi connectivity index (χ3v) is 4.01. The third kappa shape index (κ3) is 2.92. The van der Waals surface area contributed by atoms with Crippen molar-refractivity contribution in [3.05, 3.63) is 18.2 Å². The molecule has 0 amide bonds. The highest BCUT2D eigenvalue weighted by Gasteiger charge is 2.20. The van der Waals surface area contributed by atoms with Crippen LogP contribution in [0.5, 0.6) is 0 Å². The molecule has 0 saturated carbocycles. The summed E-state index contributed by atoms with van der Waals surface area (Å²) in [6.45, 7) is 2.00. The fraction of sp³-hybridized carbons (Fsp3) is 0.455. The molecule has 5 N–H and O–H groups in total. The second kappa shape index (κ2) is 4.75. The van der Waals surface area contributed by atoms with Crippen molar-refractivity contribution < 1.29 is 8.42 Å². The van der Waals surface area contributed by atoms with Crippen LogP contribution in [0.25, 0.3) is 0 Å². The fourth-order valence-electron chi connectivity index (χ4n) is 2.12. The number of likely N-dealkylation sites (N-methyl/N-ethyl adjacent to an activating group) is 1. The molecule has 1 unspecified atom stereocenters. The number of benzene rings is 1. The molecule has 1 fully saturated rings. The van der Waals surface area contributed by atoms with Gasteiger partial charge >= 0.3 is 0 Å². The van der Waals surface area contributed by atoms with Crippen LogP contribution in [-0.4, -0.2) is 39.5 Å². The summed E-state index contributed by atoms with van der Waals surface area (Å²) in [7, 11) is -1.63. The molecule has 100 valence electrons. The maximum Gasteiger partial charge on any atom is 0.238 e. The summed E-state index contributed by atoms with van der Waals surface area (Å²) in [6, 6.07) is 4.86. The van der Waals surface area contributed by atoms with Gasteiger partial charge in [-0.25, -0.2) is 13.6 Å². The highest BCUT2D eigenvalue weighted by Crippen LogP contribution is 2.24. The zero-order valence-corrected chi connectivity index (χ0v) is 11.1. The summed E-state index contributed by atoms with van der Waals surface area (Å²) >= 11 is 0. The van der Waals surface area contributed by atoms with E-state index in [2.05, 4.69) is 17.3 Å². The largest absolute Gasteiger partial charge is 0.397 e. The lowest BCUT2D eigenvalue weighted by Gasteiger charge is -2.16. The predicted octanol–water partition coefficient (Wildman–Crippen LogP) is 0.0322. The molecule has 1 heterocycles. The average Bonchev–Trinajstić information content (AvgIpc) is 2.65. The second-order valence-electron chi connectivity index (χ2n) is 4.69. The van der Waals surface area contributed by atoms with Crippen LogP contribution >= 0.6 is 0 Å². The molecule has 1 aromatic rings. The fourth-order valence-corrected chi connectivity index (χ4v) is 2.67. The van der Waals surface area contributed by atoms with Crippen LogP contribution in [0.3, 0.4) is 0 Å². The van der Waals surface area contributed by atoms with Crippen LogP contribution in [0.2, 0.25) is 0 Å². The first-order chi connectivity index (χ1) is 8.36. The number of sulfonamides is 1. The minimum Gasteiger partial charge on any atom is -0.397 e. The molecule has 1 atom stereocenters. The lowest BCUT2D eigenvalue weighted by Crippen LogP contribution is -2.24. The summed E-state index contributed by atoms with van der Waals surface area (Å²) in [6.07, 6.45) is 1.05. The molecule has 0 aliphatic carbocycles. The van der Waals surface area contributed by atoms with E-state index in [1.165, 1.54) is 12.1 Å². The Morgan fingerprint density at radius 1 is 1.44 bits per heavy atom. The number of anilines is 2. The molecule has 0 aromatic heterocycles. The van der Waals surface area contributed by atoms with Crippen LogP contribution in [0.1, 0.15) is 6.42 Å². The highest BCUT2D eigenvalue weighted by molar-refractivity contribution is 7.89. The van der Waals surface area contributed by atoms with Gasteiger partial charge in [0, 0.05) is 12.6 Å². The number of nitrogen functional groups attached to an aromatic ring is 1. The molecular weight excluding hydrogens is 252 g/mol. The van der Waals surface area contributed by atoms with Gasteiger partial charge < -0.3 is 16.0 Å². The van der Waals surface area contributed by atoms with Crippen molar-refractivity contribution in [1.29, 1.82) is 0 Å². The number of hydrogen-bond donors (Lipinski definition) is 3. The minimum atomic E-state index is -3.69. The van der Waals surface area contributed by atoms with Gasteiger partial charge in [-0.15, -0.1) is 0 Å². The summed E-state index contributed by atoms with van der Waals surface area (Å²) < 4.78 is 22.4. The monoisotopic (exact) mass is 270 g/mol.